The number of hydrogen-bond donors (Lipinski definition) is 1. The van der Waals surface area contributed by atoms with Crippen molar-refractivity contribution < 1.29 is 13.2 Å². The molecule has 6 heteroatoms. The second kappa shape index (κ2) is 5.47. The Morgan fingerprint density at radius 1 is 1.56 bits per heavy atom. The van der Waals surface area contributed by atoms with E-state index >= 15 is 0 Å². The molecule has 1 aromatic carbocycles. The van der Waals surface area contributed by atoms with Crippen LogP contribution in [0.5, 0.6) is 5.75 Å². The molecule has 0 saturated carbocycles. The third-order valence-electron chi connectivity index (χ3n) is 1.94. The summed E-state index contributed by atoms with van der Waals surface area (Å²) in [5.74, 6) is 0.677. The summed E-state index contributed by atoms with van der Waals surface area (Å²) in [5.41, 5.74) is 0.796. The molecule has 0 fully saturated rings. The van der Waals surface area contributed by atoms with Crippen LogP contribution in [0.25, 0.3) is 0 Å². The van der Waals surface area contributed by atoms with Crippen molar-refractivity contribution in [3.8, 4) is 5.75 Å². The van der Waals surface area contributed by atoms with Crippen LogP contribution in [-0.2, 0) is 16.6 Å². The molecular weight excluding hydrogens is 294 g/mol. The summed E-state index contributed by atoms with van der Waals surface area (Å²) in [6.07, 6.45) is 0. The Hall–Kier alpha value is -0.850. The molecule has 0 heterocycles. The number of rotatable bonds is 5. The molecule has 0 aliphatic rings. The Balaban J connectivity index is 2.85. The van der Waals surface area contributed by atoms with Gasteiger partial charge in [-0.05, 0) is 23.8 Å². The first-order chi connectivity index (χ1) is 7.48. The van der Waals surface area contributed by atoms with Gasteiger partial charge in [-0.2, -0.15) is 0 Å². The lowest BCUT2D eigenvalue weighted by molar-refractivity contribution is 0.414. The van der Waals surface area contributed by atoms with Crippen molar-refractivity contribution in [3.63, 3.8) is 0 Å². The van der Waals surface area contributed by atoms with E-state index in [1.165, 1.54) is 0 Å². The topological polar surface area (TPSA) is 55.4 Å². The highest BCUT2D eigenvalue weighted by Crippen LogP contribution is 2.22. The van der Waals surface area contributed by atoms with E-state index in [0.29, 0.717) is 5.75 Å². The van der Waals surface area contributed by atoms with Crippen LogP contribution < -0.4 is 9.46 Å². The number of ether oxygens (including phenoxy) is 1. The predicted octanol–water partition coefficient (Wildman–Crippen LogP) is 2.02. The molecule has 0 aliphatic heterocycles. The summed E-state index contributed by atoms with van der Waals surface area (Å²) in [6.45, 7) is 3.40. The zero-order chi connectivity index (χ0) is 12.2. The van der Waals surface area contributed by atoms with Gasteiger partial charge in [-0.3, -0.25) is 0 Å². The molecule has 0 saturated heterocycles. The number of sulfonamides is 1. The third kappa shape index (κ3) is 3.62. The van der Waals surface area contributed by atoms with Gasteiger partial charge >= 0.3 is 0 Å². The summed E-state index contributed by atoms with van der Waals surface area (Å²) in [6, 6.07) is 5.35. The summed E-state index contributed by atoms with van der Waals surface area (Å²) in [4.78, 5) is 0. The van der Waals surface area contributed by atoms with Crippen LogP contribution in [0.15, 0.2) is 34.7 Å². The van der Waals surface area contributed by atoms with Gasteiger partial charge in [0.15, 0.2) is 0 Å². The van der Waals surface area contributed by atoms with Crippen molar-refractivity contribution in [2.24, 2.45) is 0 Å². The largest absolute Gasteiger partial charge is 0.497 e. The fraction of sp³-hybridized carbons (Fsp3) is 0.200. The highest BCUT2D eigenvalue weighted by Gasteiger charge is 2.07. The molecule has 1 N–H and O–H groups in total. The Kier molecular flexibility index (Phi) is 4.52. The van der Waals surface area contributed by atoms with E-state index in [-0.39, 0.29) is 6.54 Å². The van der Waals surface area contributed by atoms with Crippen molar-refractivity contribution in [3.05, 3.63) is 40.2 Å². The van der Waals surface area contributed by atoms with Crippen LogP contribution in [0.4, 0.5) is 0 Å². The number of nitrogens with one attached hydrogen (secondary N) is 1. The normalized spacial score (nSPS) is 11.1. The van der Waals surface area contributed by atoms with Crippen LogP contribution >= 0.6 is 15.9 Å². The molecular formula is C10H12BrNO3S. The molecule has 1 aromatic rings. The van der Waals surface area contributed by atoms with E-state index in [4.69, 9.17) is 4.74 Å². The third-order valence-corrected chi connectivity index (χ3v) is 3.70. The quantitative estimate of drug-likeness (QED) is 0.905. The first-order valence-corrected chi connectivity index (χ1v) is 6.77. The second-order valence-corrected chi connectivity index (χ2v) is 5.56. The van der Waals surface area contributed by atoms with E-state index < -0.39 is 10.0 Å². The standard InChI is InChI=1S/C10H12BrNO3S/c1-3-16(13,14)12-7-8-6-9(15-2)4-5-10(8)11/h3-6,12H,1,7H2,2H3. The lowest BCUT2D eigenvalue weighted by Gasteiger charge is -2.07. The molecule has 16 heavy (non-hydrogen) atoms. The molecule has 88 valence electrons. The van der Waals surface area contributed by atoms with Crippen molar-refractivity contribution in [1.82, 2.24) is 4.72 Å². The number of methoxy groups -OCH3 is 1. The molecule has 0 radical (unpaired) electrons. The summed E-state index contributed by atoms with van der Waals surface area (Å²) < 4.78 is 30.6. The molecule has 0 aromatic heterocycles. The molecule has 1 rings (SSSR count). The first kappa shape index (κ1) is 13.2. The molecule has 0 bridgehead atoms. The summed E-state index contributed by atoms with van der Waals surface area (Å²) in [7, 11) is -1.85. The lowest BCUT2D eigenvalue weighted by atomic mass is 10.2. The monoisotopic (exact) mass is 305 g/mol. The Morgan fingerprint density at radius 2 is 2.25 bits per heavy atom. The van der Waals surface area contributed by atoms with Crippen molar-refractivity contribution in [2.75, 3.05) is 7.11 Å². The highest BCUT2D eigenvalue weighted by molar-refractivity contribution is 9.10. The fourth-order valence-corrected chi connectivity index (χ4v) is 1.91. The zero-order valence-electron chi connectivity index (χ0n) is 8.73. The van der Waals surface area contributed by atoms with Gasteiger partial charge in [0.2, 0.25) is 10.0 Å². The van der Waals surface area contributed by atoms with E-state index in [9.17, 15) is 8.42 Å². The van der Waals surface area contributed by atoms with Gasteiger partial charge in [0.1, 0.15) is 5.75 Å². The molecule has 4 nitrogen and oxygen atoms in total. The number of halogens is 1. The molecule has 0 unspecified atom stereocenters. The predicted molar refractivity (Wildman–Crippen MR) is 66.7 cm³/mol. The van der Waals surface area contributed by atoms with Gasteiger partial charge in [0, 0.05) is 16.4 Å². The molecule has 0 atom stereocenters. The molecule has 0 amide bonds. The van der Waals surface area contributed by atoms with Crippen molar-refractivity contribution in [2.45, 2.75) is 6.54 Å². The highest BCUT2D eigenvalue weighted by atomic mass is 79.9. The number of benzene rings is 1. The van der Waals surface area contributed by atoms with Crippen LogP contribution in [0, 0.1) is 0 Å². The fourth-order valence-electron chi connectivity index (χ4n) is 1.05. The first-order valence-electron chi connectivity index (χ1n) is 4.43. The average molecular weight is 306 g/mol. The van der Waals surface area contributed by atoms with E-state index in [0.717, 1.165) is 15.4 Å². The van der Waals surface area contributed by atoms with Crippen LogP contribution in [0.3, 0.4) is 0 Å². The van der Waals surface area contributed by atoms with Crippen molar-refractivity contribution >= 4 is 26.0 Å². The van der Waals surface area contributed by atoms with E-state index in [2.05, 4.69) is 27.2 Å². The summed E-state index contributed by atoms with van der Waals surface area (Å²) >= 11 is 3.33. The maximum absolute atomic E-state index is 11.2. The van der Waals surface area contributed by atoms with E-state index in [1.807, 2.05) is 0 Å². The molecule has 0 spiro atoms. The Bertz CT molecular complexity index is 485. The maximum atomic E-state index is 11.2. The average Bonchev–Trinajstić information content (AvgIpc) is 2.28. The Labute approximate surface area is 103 Å². The van der Waals surface area contributed by atoms with Crippen LogP contribution in [0.1, 0.15) is 5.56 Å². The van der Waals surface area contributed by atoms with Gasteiger partial charge in [0.25, 0.3) is 0 Å². The van der Waals surface area contributed by atoms with Crippen LogP contribution in [-0.4, -0.2) is 15.5 Å². The zero-order valence-corrected chi connectivity index (χ0v) is 11.1. The minimum atomic E-state index is -3.40. The number of hydrogen-bond acceptors (Lipinski definition) is 3. The van der Waals surface area contributed by atoms with Crippen molar-refractivity contribution in [1.29, 1.82) is 0 Å². The van der Waals surface area contributed by atoms with Crippen LogP contribution in [0.2, 0.25) is 0 Å². The van der Waals surface area contributed by atoms with E-state index in [1.54, 1.807) is 25.3 Å². The van der Waals surface area contributed by atoms with Gasteiger partial charge in [-0.15, -0.1) is 0 Å². The second-order valence-electron chi connectivity index (χ2n) is 2.99. The minimum Gasteiger partial charge on any atom is -0.497 e. The SMILES string of the molecule is C=CS(=O)(=O)NCc1cc(OC)ccc1Br. The maximum Gasteiger partial charge on any atom is 0.233 e. The molecule has 0 aliphatic carbocycles. The minimum absolute atomic E-state index is 0.187. The Morgan fingerprint density at radius 3 is 2.81 bits per heavy atom. The summed E-state index contributed by atoms with van der Waals surface area (Å²) in [5, 5.41) is 0.876. The van der Waals surface area contributed by atoms with Gasteiger partial charge in [-0.1, -0.05) is 22.5 Å². The van der Waals surface area contributed by atoms with Gasteiger partial charge in [0.05, 0.1) is 7.11 Å². The smallest absolute Gasteiger partial charge is 0.233 e. The van der Waals surface area contributed by atoms with Gasteiger partial charge in [-0.25, -0.2) is 13.1 Å². The lowest BCUT2D eigenvalue weighted by Crippen LogP contribution is -2.20. The van der Waals surface area contributed by atoms with Gasteiger partial charge < -0.3 is 4.74 Å².